The summed E-state index contributed by atoms with van der Waals surface area (Å²) < 4.78 is 0. The zero-order chi connectivity index (χ0) is 12.3. The molecule has 0 spiro atoms. The van der Waals surface area contributed by atoms with Crippen molar-refractivity contribution < 1.29 is 0 Å². The van der Waals surface area contributed by atoms with E-state index in [0.717, 1.165) is 58.7 Å². The van der Waals surface area contributed by atoms with Crippen molar-refractivity contribution in [3.63, 3.8) is 0 Å². The van der Waals surface area contributed by atoms with Crippen molar-refractivity contribution in [2.45, 2.75) is 25.3 Å². The first-order chi connectivity index (χ1) is 8.19. The highest BCUT2D eigenvalue weighted by molar-refractivity contribution is 7.80. The first kappa shape index (κ1) is 13.2. The fourth-order valence-electron chi connectivity index (χ4n) is 3.05. The van der Waals surface area contributed by atoms with Crippen LogP contribution in [0, 0.1) is 0 Å². The van der Waals surface area contributed by atoms with Gasteiger partial charge < -0.3 is 16.0 Å². The molecule has 98 valence electrons. The Morgan fingerprint density at radius 2 is 1.82 bits per heavy atom. The summed E-state index contributed by atoms with van der Waals surface area (Å²) in [5.41, 5.74) is 6.06. The number of nitrogens with two attached hydrogens (primary N) is 1. The van der Waals surface area contributed by atoms with Gasteiger partial charge in [-0.15, -0.1) is 0 Å². The second kappa shape index (κ2) is 5.61. The maximum absolute atomic E-state index is 6.07. The number of piperazine rings is 1. The Bertz CT molecular complexity index is 268. The lowest BCUT2D eigenvalue weighted by molar-refractivity contribution is 0.0626. The average molecular weight is 256 g/mol. The fraction of sp³-hybridized carbons (Fsp3) is 0.917. The van der Waals surface area contributed by atoms with Crippen LogP contribution in [-0.4, -0.2) is 66.1 Å². The minimum atomic E-state index is -0.0108. The van der Waals surface area contributed by atoms with E-state index in [0.29, 0.717) is 4.99 Å². The zero-order valence-electron chi connectivity index (χ0n) is 10.7. The molecule has 0 aliphatic carbocycles. The molecule has 4 nitrogen and oxygen atoms in total. The quantitative estimate of drug-likeness (QED) is 0.698. The first-order valence-electron chi connectivity index (χ1n) is 6.67. The van der Waals surface area contributed by atoms with Crippen molar-refractivity contribution in [1.82, 2.24) is 15.1 Å². The van der Waals surface area contributed by atoms with Crippen molar-refractivity contribution in [3.8, 4) is 0 Å². The number of nitrogens with one attached hydrogen (secondary N) is 1. The Kier molecular flexibility index (Phi) is 4.36. The summed E-state index contributed by atoms with van der Waals surface area (Å²) in [6.45, 7) is 9.86. The molecule has 2 aliphatic rings. The van der Waals surface area contributed by atoms with Crippen LogP contribution in [0.5, 0.6) is 0 Å². The Balaban J connectivity index is 2.07. The first-order valence-corrected chi connectivity index (χ1v) is 7.08. The molecule has 0 amide bonds. The monoisotopic (exact) mass is 256 g/mol. The van der Waals surface area contributed by atoms with Crippen molar-refractivity contribution >= 4 is 17.2 Å². The van der Waals surface area contributed by atoms with Crippen LogP contribution in [0.25, 0.3) is 0 Å². The normalized spacial score (nSPS) is 26.9. The molecule has 2 saturated heterocycles. The van der Waals surface area contributed by atoms with Gasteiger partial charge in [0.05, 0.1) is 10.5 Å². The van der Waals surface area contributed by atoms with Gasteiger partial charge in [0, 0.05) is 39.3 Å². The molecule has 2 fully saturated rings. The Hall–Kier alpha value is -0.230. The highest BCUT2D eigenvalue weighted by Crippen LogP contribution is 2.29. The number of nitrogens with zero attached hydrogens (tertiary/aromatic N) is 2. The smallest absolute Gasteiger partial charge is 0.0935 e. The molecule has 0 atom stereocenters. The minimum Gasteiger partial charge on any atom is -0.392 e. The van der Waals surface area contributed by atoms with Crippen molar-refractivity contribution in [2.75, 3.05) is 45.8 Å². The third kappa shape index (κ3) is 2.62. The van der Waals surface area contributed by atoms with E-state index in [-0.39, 0.29) is 5.54 Å². The molecule has 0 radical (unpaired) electrons. The maximum Gasteiger partial charge on any atom is 0.0935 e. The second-order valence-corrected chi connectivity index (χ2v) is 5.51. The molecule has 2 heterocycles. The maximum atomic E-state index is 6.07. The van der Waals surface area contributed by atoms with Gasteiger partial charge in [0.15, 0.2) is 0 Å². The van der Waals surface area contributed by atoms with E-state index in [1.165, 1.54) is 0 Å². The molecule has 5 heteroatoms. The van der Waals surface area contributed by atoms with E-state index < -0.39 is 0 Å². The topological polar surface area (TPSA) is 44.5 Å². The van der Waals surface area contributed by atoms with Crippen LogP contribution in [0.4, 0.5) is 0 Å². The molecule has 0 aromatic rings. The molecule has 0 unspecified atom stereocenters. The summed E-state index contributed by atoms with van der Waals surface area (Å²) in [6.07, 6.45) is 2.19. The van der Waals surface area contributed by atoms with Gasteiger partial charge in [-0.25, -0.2) is 0 Å². The SMILES string of the molecule is CCN1CCC(C(N)=S)(N2CCNCC2)CC1. The summed E-state index contributed by atoms with van der Waals surface area (Å²) in [7, 11) is 0. The number of piperidine rings is 1. The molecule has 0 bridgehead atoms. The van der Waals surface area contributed by atoms with E-state index in [2.05, 4.69) is 22.0 Å². The van der Waals surface area contributed by atoms with Crippen molar-refractivity contribution in [3.05, 3.63) is 0 Å². The fourth-order valence-corrected chi connectivity index (χ4v) is 3.38. The summed E-state index contributed by atoms with van der Waals surface area (Å²) in [6, 6.07) is 0. The van der Waals surface area contributed by atoms with Gasteiger partial charge in [-0.1, -0.05) is 19.1 Å². The highest BCUT2D eigenvalue weighted by Gasteiger charge is 2.42. The van der Waals surface area contributed by atoms with Crippen molar-refractivity contribution in [2.24, 2.45) is 5.73 Å². The van der Waals surface area contributed by atoms with E-state index in [9.17, 15) is 0 Å². The largest absolute Gasteiger partial charge is 0.392 e. The van der Waals surface area contributed by atoms with Crippen LogP contribution in [0.1, 0.15) is 19.8 Å². The summed E-state index contributed by atoms with van der Waals surface area (Å²) in [4.78, 5) is 5.70. The van der Waals surface area contributed by atoms with E-state index >= 15 is 0 Å². The lowest BCUT2D eigenvalue weighted by atomic mass is 9.85. The van der Waals surface area contributed by atoms with Crippen LogP contribution in [-0.2, 0) is 0 Å². The van der Waals surface area contributed by atoms with E-state index in [1.807, 2.05) is 0 Å². The Labute approximate surface area is 110 Å². The van der Waals surface area contributed by atoms with Gasteiger partial charge in [-0.05, 0) is 19.4 Å². The van der Waals surface area contributed by atoms with Crippen LogP contribution < -0.4 is 11.1 Å². The molecule has 2 rings (SSSR count). The van der Waals surface area contributed by atoms with Gasteiger partial charge in [0.25, 0.3) is 0 Å². The third-order valence-corrected chi connectivity index (χ3v) is 4.69. The predicted molar refractivity (Wildman–Crippen MR) is 75.3 cm³/mol. The van der Waals surface area contributed by atoms with Crippen LogP contribution in [0.3, 0.4) is 0 Å². The molecule has 0 saturated carbocycles. The number of likely N-dealkylation sites (tertiary alicyclic amines) is 1. The lowest BCUT2D eigenvalue weighted by Crippen LogP contribution is -2.65. The zero-order valence-corrected chi connectivity index (χ0v) is 11.6. The standard InChI is InChI=1S/C12H24N4S/c1-2-15-7-3-12(4-8-15,11(13)17)16-9-5-14-6-10-16/h14H,2-10H2,1H3,(H2,13,17). The predicted octanol–water partition coefficient (Wildman–Crippen LogP) is 0.0322. The van der Waals surface area contributed by atoms with Crippen molar-refractivity contribution in [1.29, 1.82) is 0 Å². The third-order valence-electron chi connectivity index (χ3n) is 4.31. The molecule has 17 heavy (non-hydrogen) atoms. The van der Waals surface area contributed by atoms with Crippen LogP contribution >= 0.6 is 12.2 Å². The molecule has 2 aliphatic heterocycles. The average Bonchev–Trinajstić information content (AvgIpc) is 2.39. The molecule has 3 N–H and O–H groups in total. The highest BCUT2D eigenvalue weighted by atomic mass is 32.1. The number of thiocarbonyl (C=S) groups is 1. The van der Waals surface area contributed by atoms with Gasteiger partial charge >= 0.3 is 0 Å². The van der Waals surface area contributed by atoms with Crippen LogP contribution in [0.15, 0.2) is 0 Å². The number of hydrogen-bond acceptors (Lipinski definition) is 4. The van der Waals surface area contributed by atoms with Crippen LogP contribution in [0.2, 0.25) is 0 Å². The summed E-state index contributed by atoms with van der Waals surface area (Å²) in [5, 5.41) is 3.39. The molecule has 0 aromatic heterocycles. The second-order valence-electron chi connectivity index (χ2n) is 5.07. The Morgan fingerprint density at radius 3 is 2.29 bits per heavy atom. The molecule has 0 aromatic carbocycles. The van der Waals surface area contributed by atoms with E-state index in [4.69, 9.17) is 18.0 Å². The van der Waals surface area contributed by atoms with Gasteiger partial charge in [0.2, 0.25) is 0 Å². The number of hydrogen-bond donors (Lipinski definition) is 2. The summed E-state index contributed by atoms with van der Waals surface area (Å²) >= 11 is 5.38. The van der Waals surface area contributed by atoms with Gasteiger partial charge in [-0.2, -0.15) is 0 Å². The van der Waals surface area contributed by atoms with Gasteiger partial charge in [0.1, 0.15) is 0 Å². The minimum absolute atomic E-state index is 0.0108. The molecular weight excluding hydrogens is 232 g/mol. The Morgan fingerprint density at radius 1 is 1.24 bits per heavy atom. The lowest BCUT2D eigenvalue weighted by Gasteiger charge is -2.49. The summed E-state index contributed by atoms with van der Waals surface area (Å²) in [5.74, 6) is 0. The van der Waals surface area contributed by atoms with Gasteiger partial charge in [-0.3, -0.25) is 4.90 Å². The molecular formula is C12H24N4S. The number of rotatable bonds is 3. The van der Waals surface area contributed by atoms with E-state index in [1.54, 1.807) is 0 Å².